The van der Waals surface area contributed by atoms with Gasteiger partial charge in [0.25, 0.3) is 11.7 Å². The quantitative estimate of drug-likeness (QED) is 0.243. The standard InChI is InChI=1S/C23H16Cl3NO4S/c1-11-5-6-12(24)10-16(11)27-19(17-4-3-7-32-17)18(21(29)23(27)30)20(28)14-8-13(25)9-15(26)22(14)31-2/h3-10,19,28H,1-2H3/b20-18-. The SMILES string of the molecule is COc1c(Cl)cc(Cl)cc1/C(O)=C1/C(=O)C(=O)N(c2cc(Cl)ccc2C)C1c1cccs1. The van der Waals surface area contributed by atoms with Gasteiger partial charge in [-0.15, -0.1) is 11.3 Å². The largest absolute Gasteiger partial charge is 0.507 e. The molecule has 4 rings (SSSR count). The van der Waals surface area contributed by atoms with Crippen molar-refractivity contribution in [3.05, 3.63) is 84.5 Å². The lowest BCUT2D eigenvalue weighted by Crippen LogP contribution is -2.29. The average Bonchev–Trinajstić information content (AvgIpc) is 3.36. The molecule has 2 heterocycles. The fourth-order valence-corrected chi connectivity index (χ4v) is 5.29. The molecule has 1 aliphatic rings. The van der Waals surface area contributed by atoms with Crippen LogP contribution in [-0.2, 0) is 9.59 Å². The number of ether oxygens (including phenoxy) is 1. The van der Waals surface area contributed by atoms with E-state index in [2.05, 4.69) is 0 Å². The lowest BCUT2D eigenvalue weighted by atomic mass is 9.99. The van der Waals surface area contributed by atoms with E-state index in [-0.39, 0.29) is 26.9 Å². The third-order valence-electron chi connectivity index (χ3n) is 5.16. The third-order valence-corrected chi connectivity index (χ3v) is 6.81. The first kappa shape index (κ1) is 22.7. The van der Waals surface area contributed by atoms with Gasteiger partial charge in [0, 0.05) is 20.6 Å². The summed E-state index contributed by atoms with van der Waals surface area (Å²) in [6.07, 6.45) is 0. The van der Waals surface area contributed by atoms with Gasteiger partial charge in [-0.25, -0.2) is 0 Å². The van der Waals surface area contributed by atoms with E-state index >= 15 is 0 Å². The summed E-state index contributed by atoms with van der Waals surface area (Å²) in [6, 6.07) is 10.7. The smallest absolute Gasteiger partial charge is 0.300 e. The van der Waals surface area contributed by atoms with Crippen molar-refractivity contribution in [3.8, 4) is 5.75 Å². The first-order chi connectivity index (χ1) is 15.2. The van der Waals surface area contributed by atoms with Gasteiger partial charge in [0.15, 0.2) is 0 Å². The van der Waals surface area contributed by atoms with Gasteiger partial charge >= 0.3 is 0 Å². The molecule has 1 unspecified atom stereocenters. The predicted octanol–water partition coefficient (Wildman–Crippen LogP) is 6.65. The van der Waals surface area contributed by atoms with Crippen LogP contribution in [0.25, 0.3) is 5.76 Å². The highest BCUT2D eigenvalue weighted by Crippen LogP contribution is 2.46. The van der Waals surface area contributed by atoms with E-state index in [1.54, 1.807) is 24.3 Å². The van der Waals surface area contributed by atoms with E-state index in [4.69, 9.17) is 39.5 Å². The Labute approximate surface area is 203 Å². The van der Waals surface area contributed by atoms with Crippen molar-refractivity contribution in [2.75, 3.05) is 12.0 Å². The second-order valence-electron chi connectivity index (χ2n) is 7.08. The number of hydrogen-bond acceptors (Lipinski definition) is 5. The number of anilines is 1. The predicted molar refractivity (Wildman–Crippen MR) is 128 cm³/mol. The number of aliphatic hydroxyl groups is 1. The fourth-order valence-electron chi connectivity index (χ4n) is 3.73. The number of Topliss-reactive ketones (excluding diaryl/α,β-unsaturated/α-hetero) is 1. The van der Waals surface area contributed by atoms with Crippen molar-refractivity contribution in [2.45, 2.75) is 13.0 Å². The van der Waals surface area contributed by atoms with Gasteiger partial charge in [0.05, 0.1) is 23.3 Å². The molecule has 164 valence electrons. The molecule has 0 aliphatic carbocycles. The molecule has 32 heavy (non-hydrogen) atoms. The zero-order chi connectivity index (χ0) is 23.2. The van der Waals surface area contributed by atoms with E-state index in [1.165, 1.54) is 35.5 Å². The van der Waals surface area contributed by atoms with Crippen molar-refractivity contribution in [1.29, 1.82) is 0 Å². The summed E-state index contributed by atoms with van der Waals surface area (Å²) in [7, 11) is 1.39. The molecule has 0 spiro atoms. The van der Waals surface area contributed by atoms with E-state index in [0.717, 1.165) is 5.56 Å². The molecule has 1 fully saturated rings. The Kier molecular flexibility index (Phi) is 6.23. The lowest BCUT2D eigenvalue weighted by molar-refractivity contribution is -0.132. The van der Waals surface area contributed by atoms with Crippen molar-refractivity contribution in [1.82, 2.24) is 0 Å². The number of benzene rings is 2. The average molecular weight is 509 g/mol. The monoisotopic (exact) mass is 507 g/mol. The normalized spacial score (nSPS) is 17.8. The summed E-state index contributed by atoms with van der Waals surface area (Å²) in [5.74, 6) is -1.89. The molecule has 9 heteroatoms. The number of halogens is 3. The van der Waals surface area contributed by atoms with Crippen molar-refractivity contribution in [3.63, 3.8) is 0 Å². The van der Waals surface area contributed by atoms with Crippen molar-refractivity contribution >= 4 is 69.3 Å². The van der Waals surface area contributed by atoms with Gasteiger partial charge < -0.3 is 9.84 Å². The van der Waals surface area contributed by atoms with Crippen LogP contribution in [0.1, 0.15) is 22.0 Å². The molecular weight excluding hydrogens is 493 g/mol. The van der Waals surface area contributed by atoms with E-state index in [9.17, 15) is 14.7 Å². The molecule has 1 saturated heterocycles. The van der Waals surface area contributed by atoms with Crippen LogP contribution in [-0.4, -0.2) is 23.9 Å². The Balaban J connectivity index is 2.01. The summed E-state index contributed by atoms with van der Waals surface area (Å²) in [5, 5.41) is 13.9. The van der Waals surface area contributed by atoms with Gasteiger partial charge in [-0.05, 0) is 48.2 Å². The Morgan fingerprint density at radius 3 is 2.50 bits per heavy atom. The molecule has 1 amide bonds. The molecule has 1 aromatic heterocycles. The van der Waals surface area contributed by atoms with Crippen LogP contribution in [0.5, 0.6) is 5.75 Å². The molecule has 1 aliphatic heterocycles. The molecule has 3 aromatic rings. The topological polar surface area (TPSA) is 66.8 Å². The first-order valence-electron chi connectivity index (χ1n) is 9.38. The molecule has 0 radical (unpaired) electrons. The molecule has 5 nitrogen and oxygen atoms in total. The van der Waals surface area contributed by atoms with Gasteiger partial charge in [0.1, 0.15) is 17.6 Å². The number of carbonyl (C=O) groups is 2. The molecule has 2 aromatic carbocycles. The van der Waals surface area contributed by atoms with Crippen LogP contribution in [0, 0.1) is 6.92 Å². The third kappa shape index (κ3) is 3.77. The minimum Gasteiger partial charge on any atom is -0.507 e. The van der Waals surface area contributed by atoms with Crippen molar-refractivity contribution < 1.29 is 19.4 Å². The second-order valence-corrected chi connectivity index (χ2v) is 9.34. The number of aryl methyl sites for hydroxylation is 1. The Bertz CT molecular complexity index is 1270. The maximum Gasteiger partial charge on any atom is 0.300 e. The Morgan fingerprint density at radius 2 is 1.84 bits per heavy atom. The number of carbonyl (C=O) groups excluding carboxylic acids is 2. The minimum absolute atomic E-state index is 0.0894. The molecule has 0 bridgehead atoms. The number of hydrogen-bond donors (Lipinski definition) is 1. The van der Waals surface area contributed by atoms with Crippen LogP contribution in [0.4, 0.5) is 5.69 Å². The number of aliphatic hydroxyl groups excluding tert-OH is 1. The number of methoxy groups -OCH3 is 1. The second kappa shape index (κ2) is 8.79. The number of ketones is 1. The Morgan fingerprint density at radius 1 is 1.09 bits per heavy atom. The van der Waals surface area contributed by atoms with Crippen molar-refractivity contribution in [2.24, 2.45) is 0 Å². The van der Waals surface area contributed by atoms with Crippen LogP contribution in [0.2, 0.25) is 15.1 Å². The fraction of sp³-hybridized carbons (Fsp3) is 0.130. The van der Waals surface area contributed by atoms with E-state index in [0.29, 0.717) is 15.6 Å². The highest BCUT2D eigenvalue weighted by molar-refractivity contribution is 7.10. The summed E-state index contributed by atoms with van der Waals surface area (Å²) in [4.78, 5) is 28.5. The number of thiophene rings is 1. The maximum absolute atomic E-state index is 13.2. The summed E-state index contributed by atoms with van der Waals surface area (Å²) < 4.78 is 5.34. The summed E-state index contributed by atoms with van der Waals surface area (Å²) in [6.45, 7) is 1.82. The maximum atomic E-state index is 13.2. The van der Waals surface area contributed by atoms with Crippen LogP contribution in [0.15, 0.2) is 53.4 Å². The molecule has 1 N–H and O–H groups in total. The molecular formula is C23H16Cl3NO4S. The van der Waals surface area contributed by atoms with E-state index in [1.807, 2.05) is 18.4 Å². The van der Waals surface area contributed by atoms with Gasteiger partial charge in [-0.3, -0.25) is 14.5 Å². The highest BCUT2D eigenvalue weighted by Gasteiger charge is 2.48. The number of amides is 1. The number of rotatable bonds is 4. The number of nitrogens with zero attached hydrogens (tertiary/aromatic N) is 1. The van der Waals surface area contributed by atoms with Crippen LogP contribution >= 0.6 is 46.1 Å². The molecule has 0 saturated carbocycles. The van der Waals surface area contributed by atoms with E-state index < -0.39 is 23.5 Å². The summed E-state index contributed by atoms with van der Waals surface area (Å²) >= 11 is 19.9. The minimum atomic E-state index is -0.866. The van der Waals surface area contributed by atoms with Gasteiger partial charge in [-0.2, -0.15) is 0 Å². The zero-order valence-corrected chi connectivity index (χ0v) is 19.9. The lowest BCUT2D eigenvalue weighted by Gasteiger charge is -2.26. The molecule has 1 atom stereocenters. The first-order valence-corrected chi connectivity index (χ1v) is 11.4. The van der Waals surface area contributed by atoms with Gasteiger partial charge in [-0.1, -0.05) is 46.9 Å². The highest BCUT2D eigenvalue weighted by atomic mass is 35.5. The van der Waals surface area contributed by atoms with Gasteiger partial charge in [0.2, 0.25) is 0 Å². The summed E-state index contributed by atoms with van der Waals surface area (Å²) in [5.41, 5.74) is 1.26. The van der Waals surface area contributed by atoms with Crippen LogP contribution < -0.4 is 9.64 Å². The Hall–Kier alpha value is -2.51. The van der Waals surface area contributed by atoms with Crippen LogP contribution in [0.3, 0.4) is 0 Å². The zero-order valence-electron chi connectivity index (χ0n) is 16.9.